The fourth-order valence-electron chi connectivity index (χ4n) is 1.14. The number of methoxy groups -OCH3 is 1. The molecule has 1 aromatic rings. The monoisotopic (exact) mass is 227 g/mol. The summed E-state index contributed by atoms with van der Waals surface area (Å²) in [6.07, 6.45) is 0. The fourth-order valence-corrected chi connectivity index (χ4v) is 1.77. The number of aromatic nitrogens is 1. The van der Waals surface area contributed by atoms with Crippen molar-refractivity contribution in [1.29, 1.82) is 0 Å². The molecule has 0 saturated heterocycles. The molecular weight excluding hydrogens is 214 g/mol. The van der Waals surface area contributed by atoms with Gasteiger partial charge < -0.3 is 9.84 Å². The summed E-state index contributed by atoms with van der Waals surface area (Å²) in [5, 5.41) is 8.48. The van der Waals surface area contributed by atoms with Crippen molar-refractivity contribution in [3.05, 3.63) is 23.5 Å². The number of aliphatic carboxylic acids is 1. The molecule has 1 N–H and O–H groups in total. The lowest BCUT2D eigenvalue weighted by molar-refractivity contribution is -0.133. The molecule has 1 rings (SSSR count). The number of carboxylic acids is 1. The van der Waals surface area contributed by atoms with Gasteiger partial charge in [-0.25, -0.2) is 0 Å². The summed E-state index contributed by atoms with van der Waals surface area (Å²) in [5.74, 6) is 0.635. The number of pyridine rings is 1. The molecule has 15 heavy (non-hydrogen) atoms. The minimum Gasteiger partial charge on any atom is -0.497 e. The standard InChI is InChI=1S/C10H13NO3S/c1-7-3-9(14-2)4-8(11-7)5-15-6-10(12)13/h3-4H,5-6H2,1-2H3,(H,12,13). The largest absolute Gasteiger partial charge is 0.497 e. The van der Waals surface area contributed by atoms with Crippen LogP contribution in [0.2, 0.25) is 0 Å². The Morgan fingerprint density at radius 3 is 2.93 bits per heavy atom. The first kappa shape index (κ1) is 11.8. The van der Waals surface area contributed by atoms with Gasteiger partial charge in [0.2, 0.25) is 0 Å². The predicted octanol–water partition coefficient (Wildman–Crippen LogP) is 1.72. The van der Waals surface area contributed by atoms with Gasteiger partial charge in [-0.3, -0.25) is 9.78 Å². The molecule has 1 heterocycles. The van der Waals surface area contributed by atoms with Crippen molar-refractivity contribution in [2.75, 3.05) is 12.9 Å². The second-order valence-corrected chi connectivity index (χ2v) is 4.01. The topological polar surface area (TPSA) is 59.4 Å². The minimum absolute atomic E-state index is 0.0952. The second-order valence-electron chi connectivity index (χ2n) is 3.03. The fraction of sp³-hybridized carbons (Fsp3) is 0.400. The Labute approximate surface area is 92.7 Å². The molecule has 0 aromatic carbocycles. The smallest absolute Gasteiger partial charge is 0.313 e. The first-order valence-electron chi connectivity index (χ1n) is 4.43. The molecule has 0 aliphatic heterocycles. The first-order chi connectivity index (χ1) is 7.11. The Morgan fingerprint density at radius 1 is 1.60 bits per heavy atom. The van der Waals surface area contributed by atoms with E-state index in [0.717, 1.165) is 17.1 Å². The average Bonchev–Trinajstić information content (AvgIpc) is 2.16. The van der Waals surface area contributed by atoms with Gasteiger partial charge in [0, 0.05) is 23.6 Å². The Morgan fingerprint density at radius 2 is 2.33 bits per heavy atom. The van der Waals surface area contributed by atoms with Gasteiger partial charge in [-0.15, -0.1) is 11.8 Å². The summed E-state index contributed by atoms with van der Waals surface area (Å²) in [5.41, 5.74) is 1.72. The molecule has 5 heteroatoms. The normalized spacial score (nSPS) is 10.0. The number of thioether (sulfide) groups is 1. The van der Waals surface area contributed by atoms with Gasteiger partial charge in [0.15, 0.2) is 0 Å². The quantitative estimate of drug-likeness (QED) is 0.830. The SMILES string of the molecule is COc1cc(C)nc(CSCC(=O)O)c1. The maximum atomic E-state index is 10.3. The highest BCUT2D eigenvalue weighted by molar-refractivity contribution is 7.99. The van der Waals surface area contributed by atoms with Crippen LogP contribution in [0.25, 0.3) is 0 Å². The van der Waals surface area contributed by atoms with Gasteiger partial charge in [-0.05, 0) is 6.92 Å². The molecule has 0 aliphatic carbocycles. The maximum absolute atomic E-state index is 10.3. The van der Waals surface area contributed by atoms with Crippen LogP contribution in [0.5, 0.6) is 5.75 Å². The molecule has 0 fully saturated rings. The number of hydrogen-bond acceptors (Lipinski definition) is 4. The summed E-state index contributed by atoms with van der Waals surface area (Å²) in [6.45, 7) is 1.88. The van der Waals surface area contributed by atoms with E-state index in [1.54, 1.807) is 7.11 Å². The van der Waals surface area contributed by atoms with E-state index < -0.39 is 5.97 Å². The predicted molar refractivity (Wildman–Crippen MR) is 59.3 cm³/mol. The lowest BCUT2D eigenvalue weighted by atomic mass is 10.3. The van der Waals surface area contributed by atoms with Gasteiger partial charge in [-0.1, -0.05) is 0 Å². The van der Waals surface area contributed by atoms with Crippen molar-refractivity contribution in [3.8, 4) is 5.75 Å². The van der Waals surface area contributed by atoms with Crippen molar-refractivity contribution in [3.63, 3.8) is 0 Å². The van der Waals surface area contributed by atoms with Crippen molar-refractivity contribution >= 4 is 17.7 Å². The van der Waals surface area contributed by atoms with Crippen LogP contribution >= 0.6 is 11.8 Å². The van der Waals surface area contributed by atoms with Crippen molar-refractivity contribution in [1.82, 2.24) is 4.98 Å². The zero-order chi connectivity index (χ0) is 11.3. The van der Waals surface area contributed by atoms with E-state index in [1.807, 2.05) is 19.1 Å². The third kappa shape index (κ3) is 4.20. The number of aryl methyl sites for hydroxylation is 1. The molecule has 0 aliphatic rings. The van der Waals surface area contributed by atoms with Gasteiger partial charge in [-0.2, -0.15) is 0 Å². The lowest BCUT2D eigenvalue weighted by Crippen LogP contribution is -1.99. The zero-order valence-electron chi connectivity index (χ0n) is 8.69. The summed E-state index contributed by atoms with van der Waals surface area (Å²) in [6, 6.07) is 3.66. The summed E-state index contributed by atoms with van der Waals surface area (Å²) in [4.78, 5) is 14.6. The van der Waals surface area contributed by atoms with Crippen molar-refractivity contribution < 1.29 is 14.6 Å². The van der Waals surface area contributed by atoms with Crippen LogP contribution in [0, 0.1) is 6.92 Å². The Bertz CT molecular complexity index is 355. The van der Waals surface area contributed by atoms with Crippen molar-refractivity contribution in [2.24, 2.45) is 0 Å². The van der Waals surface area contributed by atoms with Crippen LogP contribution in [0.4, 0.5) is 0 Å². The highest BCUT2D eigenvalue weighted by Crippen LogP contribution is 2.17. The average molecular weight is 227 g/mol. The minimum atomic E-state index is -0.806. The molecule has 0 amide bonds. The third-order valence-electron chi connectivity index (χ3n) is 1.69. The highest BCUT2D eigenvalue weighted by Gasteiger charge is 2.02. The molecule has 0 saturated carbocycles. The van der Waals surface area contributed by atoms with Crippen LogP contribution < -0.4 is 4.74 Å². The first-order valence-corrected chi connectivity index (χ1v) is 5.58. The van der Waals surface area contributed by atoms with E-state index in [9.17, 15) is 4.79 Å². The molecule has 0 unspecified atom stereocenters. The summed E-state index contributed by atoms with van der Waals surface area (Å²) < 4.78 is 5.10. The molecule has 0 bridgehead atoms. The number of ether oxygens (including phenoxy) is 1. The van der Waals surface area contributed by atoms with E-state index in [4.69, 9.17) is 9.84 Å². The highest BCUT2D eigenvalue weighted by atomic mass is 32.2. The Kier molecular flexibility index (Phi) is 4.42. The summed E-state index contributed by atoms with van der Waals surface area (Å²) in [7, 11) is 1.60. The molecule has 0 radical (unpaired) electrons. The summed E-state index contributed by atoms with van der Waals surface area (Å²) >= 11 is 1.32. The Hall–Kier alpha value is -1.23. The van der Waals surface area contributed by atoms with E-state index in [2.05, 4.69) is 4.98 Å². The van der Waals surface area contributed by atoms with Crippen LogP contribution in [0.3, 0.4) is 0 Å². The second kappa shape index (κ2) is 5.60. The number of hydrogen-bond donors (Lipinski definition) is 1. The number of nitrogens with zero attached hydrogens (tertiary/aromatic N) is 1. The van der Waals surface area contributed by atoms with E-state index >= 15 is 0 Å². The third-order valence-corrected chi connectivity index (χ3v) is 2.64. The Balaban J connectivity index is 2.60. The zero-order valence-corrected chi connectivity index (χ0v) is 9.50. The van der Waals surface area contributed by atoms with Gasteiger partial charge in [0.25, 0.3) is 0 Å². The van der Waals surface area contributed by atoms with E-state index in [1.165, 1.54) is 11.8 Å². The maximum Gasteiger partial charge on any atom is 0.313 e. The molecule has 1 aromatic heterocycles. The van der Waals surface area contributed by atoms with Crippen LogP contribution in [-0.4, -0.2) is 28.9 Å². The molecule has 0 spiro atoms. The van der Waals surface area contributed by atoms with E-state index in [0.29, 0.717) is 5.75 Å². The lowest BCUT2D eigenvalue weighted by Gasteiger charge is -2.04. The van der Waals surface area contributed by atoms with Crippen LogP contribution in [0.1, 0.15) is 11.4 Å². The molecular formula is C10H13NO3S. The molecule has 0 atom stereocenters. The van der Waals surface area contributed by atoms with E-state index in [-0.39, 0.29) is 5.75 Å². The van der Waals surface area contributed by atoms with Gasteiger partial charge in [0.05, 0.1) is 18.6 Å². The van der Waals surface area contributed by atoms with Gasteiger partial charge in [0.1, 0.15) is 5.75 Å². The van der Waals surface area contributed by atoms with Crippen molar-refractivity contribution in [2.45, 2.75) is 12.7 Å². The van der Waals surface area contributed by atoms with Gasteiger partial charge >= 0.3 is 5.97 Å². The molecule has 82 valence electrons. The van der Waals surface area contributed by atoms with Crippen LogP contribution in [-0.2, 0) is 10.5 Å². The molecule has 4 nitrogen and oxygen atoms in total. The number of carboxylic acid groups (broad SMARTS) is 1. The number of carbonyl (C=O) groups is 1. The van der Waals surface area contributed by atoms with Crippen LogP contribution in [0.15, 0.2) is 12.1 Å². The number of rotatable bonds is 5.